The highest BCUT2D eigenvalue weighted by Crippen LogP contribution is 2.44. The zero-order valence-electron chi connectivity index (χ0n) is 20.8. The molecule has 9 nitrogen and oxygen atoms in total. The Morgan fingerprint density at radius 1 is 1.16 bits per heavy atom. The first-order chi connectivity index (χ1) is 17.8. The fourth-order valence-electron chi connectivity index (χ4n) is 4.51. The molecule has 202 valence electrons. The zero-order chi connectivity index (χ0) is 27.7. The van der Waals surface area contributed by atoms with Crippen LogP contribution in [0.5, 0.6) is 5.88 Å². The van der Waals surface area contributed by atoms with Crippen LogP contribution in [-0.4, -0.2) is 48.0 Å². The third-order valence-corrected chi connectivity index (χ3v) is 7.64. The minimum atomic E-state index is -4.25. The number of hydrogen-bond donors (Lipinski definition) is 3. The molecule has 2 aromatic carbocycles. The molecule has 0 amide bonds. The van der Waals surface area contributed by atoms with E-state index >= 15 is 0 Å². The smallest absolute Gasteiger partial charge is 0.335 e. The number of rotatable bonds is 10. The Morgan fingerprint density at radius 3 is 2.45 bits per heavy atom. The predicted octanol–water partition coefficient (Wildman–Crippen LogP) is 4.40. The van der Waals surface area contributed by atoms with Crippen molar-refractivity contribution < 1.29 is 31.8 Å². The van der Waals surface area contributed by atoms with Gasteiger partial charge in [0.15, 0.2) is 0 Å². The number of aromatic nitrogens is 2. The number of aryl methyl sites for hydroxylation is 2. The fourth-order valence-corrected chi connectivity index (χ4v) is 5.50. The van der Waals surface area contributed by atoms with Crippen molar-refractivity contribution in [2.75, 3.05) is 11.3 Å². The standard InChI is InChI=1S/C26H28F2N4O5S/c1-15-5-3-6-16(2)23(15)21-11-22(37-14-19(29)9-17-12-26(27,28)13-17)31-25(30-21)32-38(35,36)20-8-4-7-18(10-20)24(33)34/h3-8,10-11,17,19H,9,12-14,29H2,1-2H3,(H,33,34)(H,30,31,32). The summed E-state index contributed by atoms with van der Waals surface area (Å²) >= 11 is 0. The van der Waals surface area contributed by atoms with E-state index in [2.05, 4.69) is 14.7 Å². The highest BCUT2D eigenvalue weighted by molar-refractivity contribution is 7.92. The molecule has 0 bridgehead atoms. The van der Waals surface area contributed by atoms with Gasteiger partial charge >= 0.3 is 5.97 Å². The van der Waals surface area contributed by atoms with E-state index in [9.17, 15) is 27.1 Å². The molecule has 4 N–H and O–H groups in total. The molecule has 0 aliphatic heterocycles. The average molecular weight is 547 g/mol. The largest absolute Gasteiger partial charge is 0.478 e. The van der Waals surface area contributed by atoms with Gasteiger partial charge in [-0.05, 0) is 55.5 Å². The molecule has 4 rings (SSSR count). The molecule has 1 aromatic heterocycles. The molecule has 1 atom stereocenters. The molecular formula is C26H28F2N4O5S. The summed E-state index contributed by atoms with van der Waals surface area (Å²) in [5.74, 6) is -4.32. The van der Waals surface area contributed by atoms with Crippen molar-refractivity contribution in [3.8, 4) is 17.1 Å². The monoisotopic (exact) mass is 546 g/mol. The Labute approximate surface area is 219 Å². The van der Waals surface area contributed by atoms with E-state index in [0.29, 0.717) is 12.1 Å². The van der Waals surface area contributed by atoms with Crippen molar-refractivity contribution in [1.29, 1.82) is 0 Å². The van der Waals surface area contributed by atoms with Crippen LogP contribution in [0.2, 0.25) is 0 Å². The van der Waals surface area contributed by atoms with Gasteiger partial charge in [-0.1, -0.05) is 24.3 Å². The van der Waals surface area contributed by atoms with Crippen LogP contribution in [0.4, 0.5) is 14.7 Å². The molecule has 1 aliphatic rings. The number of aromatic carboxylic acids is 1. The summed E-state index contributed by atoms with van der Waals surface area (Å²) in [5.41, 5.74) is 8.84. The van der Waals surface area contributed by atoms with Crippen LogP contribution in [0.15, 0.2) is 53.4 Å². The molecule has 38 heavy (non-hydrogen) atoms. The number of carboxylic acid groups (broad SMARTS) is 1. The maximum absolute atomic E-state index is 13.2. The zero-order valence-corrected chi connectivity index (χ0v) is 21.6. The molecule has 1 unspecified atom stereocenters. The van der Waals surface area contributed by atoms with Gasteiger partial charge in [0.2, 0.25) is 17.8 Å². The number of carbonyl (C=O) groups is 1. The second-order valence-corrected chi connectivity index (χ2v) is 11.2. The number of hydrogen-bond acceptors (Lipinski definition) is 7. The molecule has 3 aromatic rings. The summed E-state index contributed by atoms with van der Waals surface area (Å²) < 4.78 is 60.5. The van der Waals surface area contributed by atoms with Crippen molar-refractivity contribution in [2.24, 2.45) is 11.7 Å². The SMILES string of the molecule is Cc1cccc(C)c1-c1cc(OCC(N)CC2CC(F)(F)C2)nc(NS(=O)(=O)c2cccc(C(=O)O)c2)n1. The van der Waals surface area contributed by atoms with E-state index < -0.39 is 28.0 Å². The Balaban J connectivity index is 1.62. The van der Waals surface area contributed by atoms with Gasteiger partial charge in [0, 0.05) is 30.5 Å². The molecular weight excluding hydrogens is 518 g/mol. The Bertz CT molecular complexity index is 1440. The van der Waals surface area contributed by atoms with Gasteiger partial charge in [-0.25, -0.2) is 31.7 Å². The summed E-state index contributed by atoms with van der Waals surface area (Å²) in [6, 6.07) is 11.6. The van der Waals surface area contributed by atoms with E-state index in [-0.39, 0.29) is 47.7 Å². The summed E-state index contributed by atoms with van der Waals surface area (Å²) in [6.07, 6.45) is -0.0241. The van der Waals surface area contributed by atoms with Crippen molar-refractivity contribution in [3.63, 3.8) is 0 Å². The number of carboxylic acids is 1. The maximum atomic E-state index is 13.2. The van der Waals surface area contributed by atoms with Crippen molar-refractivity contribution >= 4 is 21.9 Å². The number of anilines is 1. The highest BCUT2D eigenvalue weighted by atomic mass is 32.2. The van der Waals surface area contributed by atoms with Gasteiger partial charge < -0.3 is 15.6 Å². The van der Waals surface area contributed by atoms with E-state index in [1.165, 1.54) is 18.2 Å². The lowest BCUT2D eigenvalue weighted by Crippen LogP contribution is -2.40. The summed E-state index contributed by atoms with van der Waals surface area (Å²) in [6.45, 7) is 3.76. The molecule has 1 saturated carbocycles. The summed E-state index contributed by atoms with van der Waals surface area (Å²) in [4.78, 5) is 19.6. The molecule has 1 heterocycles. The Kier molecular flexibility index (Phi) is 7.65. The van der Waals surface area contributed by atoms with E-state index in [0.717, 1.165) is 22.8 Å². The lowest BCUT2D eigenvalue weighted by atomic mass is 9.78. The lowest BCUT2D eigenvalue weighted by molar-refractivity contribution is -0.113. The Morgan fingerprint density at radius 2 is 1.82 bits per heavy atom. The minimum Gasteiger partial charge on any atom is -0.478 e. The molecule has 0 radical (unpaired) electrons. The van der Waals surface area contributed by atoms with Crippen LogP contribution >= 0.6 is 0 Å². The van der Waals surface area contributed by atoms with Gasteiger partial charge in [-0.3, -0.25) is 0 Å². The number of alkyl halides is 2. The van der Waals surface area contributed by atoms with Gasteiger partial charge in [0.25, 0.3) is 10.0 Å². The number of nitrogens with two attached hydrogens (primary N) is 1. The third kappa shape index (κ3) is 6.43. The van der Waals surface area contributed by atoms with Crippen LogP contribution in [0.25, 0.3) is 11.3 Å². The van der Waals surface area contributed by atoms with E-state index in [4.69, 9.17) is 10.5 Å². The maximum Gasteiger partial charge on any atom is 0.335 e. The Hall–Kier alpha value is -3.64. The van der Waals surface area contributed by atoms with Crippen molar-refractivity contribution in [3.05, 3.63) is 65.2 Å². The fraction of sp³-hybridized carbons (Fsp3) is 0.346. The first kappa shape index (κ1) is 27.4. The van der Waals surface area contributed by atoms with Gasteiger partial charge in [-0.15, -0.1) is 0 Å². The minimum absolute atomic E-state index is 0.0157. The first-order valence-electron chi connectivity index (χ1n) is 11.9. The van der Waals surface area contributed by atoms with Crippen molar-refractivity contribution in [1.82, 2.24) is 9.97 Å². The second-order valence-electron chi connectivity index (χ2n) is 9.56. The van der Waals surface area contributed by atoms with Crippen molar-refractivity contribution in [2.45, 2.75) is 50.0 Å². The van der Waals surface area contributed by atoms with E-state index in [1.54, 1.807) is 6.07 Å². The molecule has 12 heteroatoms. The molecule has 0 spiro atoms. The molecule has 1 fully saturated rings. The normalized spacial score (nSPS) is 15.9. The number of sulfonamides is 1. The topological polar surface area (TPSA) is 144 Å². The van der Waals surface area contributed by atoms with E-state index in [1.807, 2.05) is 32.0 Å². The first-order valence-corrected chi connectivity index (χ1v) is 13.4. The third-order valence-electron chi connectivity index (χ3n) is 6.31. The van der Waals surface area contributed by atoms with Crippen LogP contribution in [0.3, 0.4) is 0 Å². The molecule has 1 aliphatic carbocycles. The molecule has 0 saturated heterocycles. The number of halogens is 2. The van der Waals surface area contributed by atoms with Crippen LogP contribution < -0.4 is 15.2 Å². The highest BCUT2D eigenvalue weighted by Gasteiger charge is 2.45. The second kappa shape index (κ2) is 10.6. The van der Waals surface area contributed by atoms with Gasteiger partial charge in [0.05, 0.1) is 16.2 Å². The predicted molar refractivity (Wildman–Crippen MR) is 137 cm³/mol. The van der Waals surface area contributed by atoms with Gasteiger partial charge in [-0.2, -0.15) is 4.98 Å². The quantitative estimate of drug-likeness (QED) is 0.339. The van der Waals surface area contributed by atoms with Crippen LogP contribution in [0.1, 0.15) is 40.7 Å². The van der Waals surface area contributed by atoms with Gasteiger partial charge in [0.1, 0.15) is 6.61 Å². The van der Waals surface area contributed by atoms with Crippen LogP contribution in [-0.2, 0) is 10.0 Å². The lowest BCUT2D eigenvalue weighted by Gasteiger charge is -2.36. The number of ether oxygens (including phenoxy) is 1. The summed E-state index contributed by atoms with van der Waals surface area (Å²) in [5, 5.41) is 9.22. The number of nitrogens with zero attached hydrogens (tertiary/aromatic N) is 2. The number of nitrogens with one attached hydrogen (secondary N) is 1. The summed E-state index contributed by atoms with van der Waals surface area (Å²) in [7, 11) is -4.25. The van der Waals surface area contributed by atoms with Crippen LogP contribution in [0, 0.1) is 19.8 Å². The number of benzene rings is 2. The average Bonchev–Trinajstić information content (AvgIpc) is 2.81.